The minimum atomic E-state index is -0.480. The van der Waals surface area contributed by atoms with Gasteiger partial charge in [-0.3, -0.25) is 0 Å². The topological polar surface area (TPSA) is 35.5 Å². The maximum absolute atomic E-state index is 11.5. The molecule has 0 radical (unpaired) electrons. The van der Waals surface area contributed by atoms with Crippen LogP contribution < -0.4 is 0 Å². The van der Waals surface area contributed by atoms with Crippen molar-refractivity contribution in [2.24, 2.45) is 0 Å². The lowest BCUT2D eigenvalue weighted by Gasteiger charge is -2.06. The molecule has 0 aliphatic heterocycles. The molecule has 0 aliphatic carbocycles. The Balaban J connectivity index is 3.13. The second kappa shape index (κ2) is 24.3. The number of ether oxygens (including phenoxy) is 2. The van der Waals surface area contributed by atoms with Gasteiger partial charge in [-0.25, -0.2) is 4.79 Å². The summed E-state index contributed by atoms with van der Waals surface area (Å²) in [6, 6.07) is 0. The van der Waals surface area contributed by atoms with Gasteiger partial charge < -0.3 is 9.47 Å². The van der Waals surface area contributed by atoms with Crippen LogP contribution in [-0.4, -0.2) is 19.4 Å². The Kier molecular flexibility index (Phi) is 23.7. The van der Waals surface area contributed by atoms with Crippen LogP contribution in [0.4, 0.5) is 4.79 Å². The Morgan fingerprint density at radius 3 is 0.964 bits per heavy atom. The van der Waals surface area contributed by atoms with Crippen molar-refractivity contribution in [2.75, 3.05) is 13.2 Å². The molecule has 168 valence electrons. The van der Waals surface area contributed by atoms with Crippen molar-refractivity contribution in [3.8, 4) is 0 Å². The fraction of sp³-hybridized carbons (Fsp3) is 0.960. The highest BCUT2D eigenvalue weighted by Gasteiger charge is 2.03. The Morgan fingerprint density at radius 1 is 0.429 bits per heavy atom. The average molecular weight is 399 g/mol. The smallest absolute Gasteiger partial charge is 0.434 e. The van der Waals surface area contributed by atoms with Gasteiger partial charge in [-0.2, -0.15) is 0 Å². The number of unbranched alkanes of at least 4 members (excludes halogenated alkanes) is 18. The van der Waals surface area contributed by atoms with E-state index >= 15 is 0 Å². The first-order chi connectivity index (χ1) is 13.8. The Morgan fingerprint density at radius 2 is 0.679 bits per heavy atom. The highest BCUT2D eigenvalue weighted by molar-refractivity contribution is 5.59. The van der Waals surface area contributed by atoms with Crippen molar-refractivity contribution in [3.05, 3.63) is 0 Å². The Bertz CT molecular complexity index is 276. The van der Waals surface area contributed by atoms with Crippen molar-refractivity contribution in [2.45, 2.75) is 142 Å². The first-order valence-corrected chi connectivity index (χ1v) is 12.6. The fourth-order valence-electron chi connectivity index (χ4n) is 3.53. The van der Waals surface area contributed by atoms with Gasteiger partial charge in [-0.05, 0) is 12.8 Å². The van der Waals surface area contributed by atoms with E-state index in [1.54, 1.807) is 0 Å². The van der Waals surface area contributed by atoms with Crippen LogP contribution in [0.25, 0.3) is 0 Å². The van der Waals surface area contributed by atoms with Gasteiger partial charge in [0.2, 0.25) is 0 Å². The molecular weight excluding hydrogens is 348 g/mol. The molecule has 0 aliphatic rings. The molecule has 0 aromatic heterocycles. The second-order valence-corrected chi connectivity index (χ2v) is 8.31. The molecule has 0 rings (SSSR count). The van der Waals surface area contributed by atoms with Crippen LogP contribution in [0.15, 0.2) is 0 Å². The Hall–Kier alpha value is -0.730. The monoisotopic (exact) mass is 398 g/mol. The van der Waals surface area contributed by atoms with Crippen LogP contribution in [0.3, 0.4) is 0 Å². The summed E-state index contributed by atoms with van der Waals surface area (Å²) in [5.74, 6) is 0. The van der Waals surface area contributed by atoms with Gasteiger partial charge in [0.05, 0.1) is 13.2 Å². The number of rotatable bonds is 22. The van der Waals surface area contributed by atoms with Crippen LogP contribution >= 0.6 is 0 Å². The summed E-state index contributed by atoms with van der Waals surface area (Å²) in [6.45, 7) is 5.53. The third-order valence-electron chi connectivity index (χ3n) is 5.44. The number of carbonyl (C=O) groups is 1. The molecule has 0 saturated heterocycles. The first-order valence-electron chi connectivity index (χ1n) is 12.6. The molecule has 0 bridgehead atoms. The molecule has 0 saturated carbocycles. The van der Waals surface area contributed by atoms with Crippen LogP contribution in [0.1, 0.15) is 142 Å². The zero-order valence-electron chi connectivity index (χ0n) is 19.3. The quantitative estimate of drug-likeness (QED) is 0.135. The second-order valence-electron chi connectivity index (χ2n) is 8.31. The van der Waals surface area contributed by atoms with Crippen molar-refractivity contribution in [1.82, 2.24) is 0 Å². The van der Waals surface area contributed by atoms with Crippen molar-refractivity contribution >= 4 is 6.16 Å². The SMILES string of the molecule is CCCCCCCCCCCCOC(=O)OCCCCCCCCCCCC. The maximum atomic E-state index is 11.5. The molecule has 0 heterocycles. The van der Waals surface area contributed by atoms with Gasteiger partial charge in [-0.15, -0.1) is 0 Å². The van der Waals surface area contributed by atoms with Gasteiger partial charge in [0.1, 0.15) is 0 Å². The van der Waals surface area contributed by atoms with E-state index in [1.165, 1.54) is 103 Å². The minimum absolute atomic E-state index is 0.480. The van der Waals surface area contributed by atoms with Gasteiger partial charge in [0.15, 0.2) is 0 Å². The van der Waals surface area contributed by atoms with Gasteiger partial charge in [-0.1, -0.05) is 129 Å². The molecule has 3 heteroatoms. The molecule has 0 unspecified atom stereocenters. The largest absolute Gasteiger partial charge is 0.508 e. The summed E-state index contributed by atoms with van der Waals surface area (Å²) < 4.78 is 10.3. The number of carbonyl (C=O) groups excluding carboxylic acids is 1. The van der Waals surface area contributed by atoms with Crippen molar-refractivity contribution < 1.29 is 14.3 Å². The van der Waals surface area contributed by atoms with Crippen LogP contribution in [0.2, 0.25) is 0 Å². The van der Waals surface area contributed by atoms with E-state index in [2.05, 4.69) is 13.8 Å². The predicted molar refractivity (Wildman–Crippen MR) is 121 cm³/mol. The molecule has 0 fully saturated rings. The van der Waals surface area contributed by atoms with Crippen molar-refractivity contribution in [1.29, 1.82) is 0 Å². The third kappa shape index (κ3) is 23.3. The molecule has 0 aromatic carbocycles. The summed E-state index contributed by atoms with van der Waals surface area (Å²) in [7, 11) is 0. The zero-order valence-corrected chi connectivity index (χ0v) is 19.3. The molecule has 0 atom stereocenters. The summed E-state index contributed by atoms with van der Waals surface area (Å²) in [6.07, 6.45) is 25.3. The molecule has 0 N–H and O–H groups in total. The average Bonchev–Trinajstić information content (AvgIpc) is 2.70. The molecule has 0 amide bonds. The lowest BCUT2D eigenvalue weighted by molar-refractivity contribution is 0.0529. The normalized spacial score (nSPS) is 10.9. The maximum Gasteiger partial charge on any atom is 0.508 e. The van der Waals surface area contributed by atoms with Gasteiger partial charge in [0.25, 0.3) is 0 Å². The van der Waals surface area contributed by atoms with E-state index in [4.69, 9.17) is 9.47 Å². The first kappa shape index (κ1) is 27.3. The molecule has 3 nitrogen and oxygen atoms in total. The Labute approximate surface area is 176 Å². The lowest BCUT2D eigenvalue weighted by atomic mass is 10.1. The standard InChI is InChI=1S/C25H50O3/c1-3-5-7-9-11-13-15-17-19-21-23-27-25(26)28-24-22-20-18-16-14-12-10-8-6-4-2/h3-24H2,1-2H3. The molecule has 28 heavy (non-hydrogen) atoms. The van der Waals surface area contributed by atoms with E-state index in [9.17, 15) is 4.79 Å². The third-order valence-corrected chi connectivity index (χ3v) is 5.44. The highest BCUT2D eigenvalue weighted by Crippen LogP contribution is 2.11. The number of hydrogen-bond donors (Lipinski definition) is 0. The van der Waals surface area contributed by atoms with E-state index < -0.39 is 6.16 Å². The van der Waals surface area contributed by atoms with E-state index in [0.717, 1.165) is 25.7 Å². The van der Waals surface area contributed by atoms with Crippen LogP contribution in [0.5, 0.6) is 0 Å². The summed E-state index contributed by atoms with van der Waals surface area (Å²) in [4.78, 5) is 11.5. The summed E-state index contributed by atoms with van der Waals surface area (Å²) in [5, 5.41) is 0. The van der Waals surface area contributed by atoms with Crippen molar-refractivity contribution in [3.63, 3.8) is 0 Å². The lowest BCUT2D eigenvalue weighted by Crippen LogP contribution is -2.09. The summed E-state index contributed by atoms with van der Waals surface area (Å²) in [5.41, 5.74) is 0. The minimum Gasteiger partial charge on any atom is -0.434 e. The van der Waals surface area contributed by atoms with Gasteiger partial charge >= 0.3 is 6.16 Å². The summed E-state index contributed by atoms with van der Waals surface area (Å²) >= 11 is 0. The van der Waals surface area contributed by atoms with E-state index in [1.807, 2.05) is 0 Å². The molecule has 0 aromatic rings. The predicted octanol–water partition coefficient (Wildman–Crippen LogP) is 8.98. The van der Waals surface area contributed by atoms with Crippen LogP contribution in [-0.2, 0) is 9.47 Å². The molecular formula is C25H50O3. The number of hydrogen-bond acceptors (Lipinski definition) is 3. The van der Waals surface area contributed by atoms with E-state index in [-0.39, 0.29) is 0 Å². The zero-order chi connectivity index (χ0) is 20.5. The van der Waals surface area contributed by atoms with Crippen LogP contribution in [0, 0.1) is 0 Å². The van der Waals surface area contributed by atoms with Gasteiger partial charge in [0, 0.05) is 0 Å². The molecule has 0 spiro atoms. The fourth-order valence-corrected chi connectivity index (χ4v) is 3.53. The van der Waals surface area contributed by atoms with E-state index in [0.29, 0.717) is 13.2 Å². The highest BCUT2D eigenvalue weighted by atomic mass is 16.7.